The van der Waals surface area contributed by atoms with Crippen LogP contribution < -0.4 is 5.73 Å². The molecule has 0 aliphatic carbocycles. The number of hydrogen-bond acceptors (Lipinski definition) is 3. The number of oxime groups is 1. The minimum Gasteiger partial charge on any atom is -0.409 e. The monoisotopic (exact) mass is 359 g/mol. The number of rotatable bonds is 2. The average molecular weight is 361 g/mol. The van der Waals surface area contributed by atoms with E-state index in [1.54, 1.807) is 23.1 Å². The molecule has 1 aromatic rings. The van der Waals surface area contributed by atoms with Crippen LogP contribution in [0.15, 0.2) is 27.8 Å². The van der Waals surface area contributed by atoms with Crippen LogP contribution in [0.3, 0.4) is 0 Å². The molecule has 2 rings (SSSR count). The van der Waals surface area contributed by atoms with E-state index in [-0.39, 0.29) is 17.8 Å². The van der Waals surface area contributed by atoms with Crippen LogP contribution in [0.2, 0.25) is 5.02 Å². The van der Waals surface area contributed by atoms with Gasteiger partial charge in [0.25, 0.3) is 5.91 Å². The SMILES string of the molecule is NC(=NO)C1CCCCN1C(=O)c1cc(Br)ccc1Cl. The number of nitrogens with two attached hydrogens (primary N) is 1. The van der Waals surface area contributed by atoms with Gasteiger partial charge in [-0.25, -0.2) is 0 Å². The molecule has 1 heterocycles. The number of amides is 1. The summed E-state index contributed by atoms with van der Waals surface area (Å²) >= 11 is 9.42. The molecule has 0 radical (unpaired) electrons. The molecule has 1 amide bonds. The number of piperidine rings is 1. The van der Waals surface area contributed by atoms with E-state index in [0.29, 0.717) is 23.6 Å². The normalized spacial score (nSPS) is 20.0. The summed E-state index contributed by atoms with van der Waals surface area (Å²) in [6.07, 6.45) is 2.52. The highest BCUT2D eigenvalue weighted by Crippen LogP contribution is 2.26. The van der Waals surface area contributed by atoms with Gasteiger partial charge >= 0.3 is 0 Å². The average Bonchev–Trinajstić information content (AvgIpc) is 2.48. The number of benzene rings is 1. The molecule has 20 heavy (non-hydrogen) atoms. The third-order valence-electron chi connectivity index (χ3n) is 3.38. The van der Waals surface area contributed by atoms with Gasteiger partial charge in [-0.3, -0.25) is 4.79 Å². The first-order chi connectivity index (χ1) is 9.54. The van der Waals surface area contributed by atoms with E-state index >= 15 is 0 Å². The number of likely N-dealkylation sites (tertiary alicyclic amines) is 1. The van der Waals surface area contributed by atoms with Crippen LogP contribution in [0.5, 0.6) is 0 Å². The van der Waals surface area contributed by atoms with E-state index in [1.165, 1.54) is 0 Å². The second-order valence-corrected chi connectivity index (χ2v) is 5.98. The molecule has 1 fully saturated rings. The van der Waals surface area contributed by atoms with Crippen LogP contribution in [0.1, 0.15) is 29.6 Å². The molecule has 1 atom stereocenters. The third kappa shape index (κ3) is 3.07. The second kappa shape index (κ2) is 6.45. The number of halogens is 2. The molecule has 1 aliphatic rings. The van der Waals surface area contributed by atoms with Crippen LogP contribution in [0, 0.1) is 0 Å². The molecule has 1 aliphatic heterocycles. The topological polar surface area (TPSA) is 78.9 Å². The predicted molar refractivity (Wildman–Crippen MR) is 81.2 cm³/mol. The Labute approximate surface area is 130 Å². The maximum Gasteiger partial charge on any atom is 0.256 e. The number of carbonyl (C=O) groups is 1. The Morgan fingerprint density at radius 2 is 2.25 bits per heavy atom. The molecule has 0 saturated carbocycles. The Balaban J connectivity index is 2.32. The summed E-state index contributed by atoms with van der Waals surface area (Å²) in [6, 6.07) is 4.75. The van der Waals surface area contributed by atoms with Crippen molar-refractivity contribution in [1.82, 2.24) is 4.90 Å². The second-order valence-electron chi connectivity index (χ2n) is 4.66. The zero-order valence-corrected chi connectivity index (χ0v) is 13.1. The first kappa shape index (κ1) is 15.1. The van der Waals surface area contributed by atoms with Crippen LogP contribution >= 0.6 is 27.5 Å². The highest BCUT2D eigenvalue weighted by molar-refractivity contribution is 9.10. The van der Waals surface area contributed by atoms with Crippen molar-refractivity contribution in [2.75, 3.05) is 6.54 Å². The Morgan fingerprint density at radius 3 is 2.95 bits per heavy atom. The van der Waals surface area contributed by atoms with Crippen molar-refractivity contribution < 1.29 is 10.0 Å². The van der Waals surface area contributed by atoms with E-state index < -0.39 is 0 Å². The first-order valence-electron chi connectivity index (χ1n) is 6.28. The van der Waals surface area contributed by atoms with E-state index in [2.05, 4.69) is 21.1 Å². The van der Waals surface area contributed by atoms with Crippen LogP contribution in [-0.2, 0) is 0 Å². The lowest BCUT2D eigenvalue weighted by atomic mass is 10.00. The number of amidine groups is 1. The summed E-state index contributed by atoms with van der Waals surface area (Å²) in [5.74, 6) is -0.142. The number of hydrogen-bond donors (Lipinski definition) is 2. The molecule has 3 N–H and O–H groups in total. The fraction of sp³-hybridized carbons (Fsp3) is 0.385. The van der Waals surface area contributed by atoms with Gasteiger partial charge in [-0.2, -0.15) is 0 Å². The zero-order chi connectivity index (χ0) is 14.7. The van der Waals surface area contributed by atoms with Gasteiger partial charge in [0.15, 0.2) is 5.84 Å². The molecule has 1 unspecified atom stereocenters. The van der Waals surface area contributed by atoms with Crippen molar-refractivity contribution in [2.45, 2.75) is 25.3 Å². The summed E-state index contributed by atoms with van der Waals surface area (Å²) in [7, 11) is 0. The van der Waals surface area contributed by atoms with Gasteiger partial charge < -0.3 is 15.8 Å². The Morgan fingerprint density at radius 1 is 1.50 bits per heavy atom. The fourth-order valence-electron chi connectivity index (χ4n) is 2.36. The molecular weight excluding hydrogens is 346 g/mol. The minimum atomic E-state index is -0.378. The fourth-order valence-corrected chi connectivity index (χ4v) is 2.92. The maximum absolute atomic E-state index is 12.6. The van der Waals surface area contributed by atoms with Crippen molar-refractivity contribution in [3.05, 3.63) is 33.3 Å². The largest absolute Gasteiger partial charge is 0.409 e. The van der Waals surface area contributed by atoms with E-state index in [0.717, 1.165) is 17.3 Å². The quantitative estimate of drug-likeness (QED) is 0.368. The number of nitrogens with zero attached hydrogens (tertiary/aromatic N) is 2. The molecule has 1 aromatic carbocycles. The third-order valence-corrected chi connectivity index (χ3v) is 4.20. The van der Waals surface area contributed by atoms with Gasteiger partial charge in [0.1, 0.15) is 0 Å². The molecule has 7 heteroatoms. The van der Waals surface area contributed by atoms with Gasteiger partial charge in [-0.15, -0.1) is 0 Å². The van der Waals surface area contributed by atoms with Crippen molar-refractivity contribution in [1.29, 1.82) is 0 Å². The van der Waals surface area contributed by atoms with Crippen molar-refractivity contribution in [3.63, 3.8) is 0 Å². The van der Waals surface area contributed by atoms with Gasteiger partial charge in [0.05, 0.1) is 16.6 Å². The lowest BCUT2D eigenvalue weighted by Crippen LogP contribution is -2.50. The lowest BCUT2D eigenvalue weighted by molar-refractivity contribution is 0.0677. The molecule has 108 valence electrons. The van der Waals surface area contributed by atoms with Crippen molar-refractivity contribution in [3.8, 4) is 0 Å². The lowest BCUT2D eigenvalue weighted by Gasteiger charge is -2.35. The molecule has 0 bridgehead atoms. The maximum atomic E-state index is 12.6. The molecule has 0 aromatic heterocycles. The number of carbonyl (C=O) groups excluding carboxylic acids is 1. The highest BCUT2D eigenvalue weighted by Gasteiger charge is 2.31. The Bertz CT molecular complexity index is 550. The van der Waals surface area contributed by atoms with Gasteiger partial charge in [0, 0.05) is 11.0 Å². The summed E-state index contributed by atoms with van der Waals surface area (Å²) in [4.78, 5) is 14.2. The summed E-state index contributed by atoms with van der Waals surface area (Å²) < 4.78 is 0.780. The highest BCUT2D eigenvalue weighted by atomic mass is 79.9. The summed E-state index contributed by atoms with van der Waals surface area (Å²) in [6.45, 7) is 0.572. The standard InChI is InChI=1S/C13H15BrClN3O2/c14-8-4-5-10(15)9(7-8)13(19)18-6-2-1-3-11(18)12(16)17-20/h4-5,7,11,20H,1-3,6H2,(H2,16,17). The van der Waals surface area contributed by atoms with Crippen molar-refractivity contribution in [2.24, 2.45) is 10.9 Å². The first-order valence-corrected chi connectivity index (χ1v) is 7.45. The Kier molecular flexibility index (Phi) is 4.88. The van der Waals surface area contributed by atoms with Crippen LogP contribution in [0.4, 0.5) is 0 Å². The van der Waals surface area contributed by atoms with Crippen molar-refractivity contribution >= 4 is 39.3 Å². The summed E-state index contributed by atoms with van der Waals surface area (Å²) in [5.41, 5.74) is 6.10. The van der Waals surface area contributed by atoms with Crippen LogP contribution in [-0.4, -0.2) is 34.4 Å². The zero-order valence-electron chi connectivity index (χ0n) is 10.7. The molecular formula is C13H15BrClN3O2. The predicted octanol–water partition coefficient (Wildman–Crippen LogP) is 2.84. The van der Waals surface area contributed by atoms with Crippen LogP contribution in [0.25, 0.3) is 0 Å². The van der Waals surface area contributed by atoms with Gasteiger partial charge in [-0.05, 0) is 37.5 Å². The minimum absolute atomic E-state index is 0.0594. The molecule has 0 spiro atoms. The Hall–Kier alpha value is -1.27. The molecule has 5 nitrogen and oxygen atoms in total. The van der Waals surface area contributed by atoms with E-state index in [1.807, 2.05) is 0 Å². The molecule has 1 saturated heterocycles. The van der Waals surface area contributed by atoms with Gasteiger partial charge in [0.2, 0.25) is 0 Å². The van der Waals surface area contributed by atoms with Gasteiger partial charge in [-0.1, -0.05) is 32.7 Å². The smallest absolute Gasteiger partial charge is 0.256 e. The van der Waals surface area contributed by atoms with E-state index in [9.17, 15) is 4.79 Å². The summed E-state index contributed by atoms with van der Waals surface area (Å²) in [5, 5.41) is 12.3. The van der Waals surface area contributed by atoms with E-state index in [4.69, 9.17) is 22.5 Å².